The van der Waals surface area contributed by atoms with E-state index >= 15 is 0 Å². The van der Waals surface area contributed by atoms with Crippen molar-refractivity contribution in [1.82, 2.24) is 14.9 Å². The Balaban J connectivity index is 2.07. The summed E-state index contributed by atoms with van der Waals surface area (Å²) < 4.78 is 12.3. The third-order valence-corrected chi connectivity index (χ3v) is 4.33. The molecule has 3 rings (SSSR count). The predicted octanol–water partition coefficient (Wildman–Crippen LogP) is 3.52. The largest absolute Gasteiger partial charge is 0.496 e. The molecule has 0 saturated carbocycles. The molecule has 0 aliphatic carbocycles. The van der Waals surface area contributed by atoms with Gasteiger partial charge in [-0.25, -0.2) is 0 Å². The lowest BCUT2D eigenvalue weighted by Gasteiger charge is -2.12. The van der Waals surface area contributed by atoms with Gasteiger partial charge in [-0.05, 0) is 26.3 Å². The van der Waals surface area contributed by atoms with E-state index in [2.05, 4.69) is 15.6 Å². The van der Waals surface area contributed by atoms with E-state index in [-0.39, 0.29) is 5.91 Å². The molecule has 1 aromatic carbocycles. The molecular weight excluding hydrogens is 332 g/mol. The van der Waals surface area contributed by atoms with Crippen molar-refractivity contribution in [2.45, 2.75) is 27.2 Å². The SMILES string of the molecule is CCc1noc(C)c1C(=O)Nc1c(-c2ccccc2OC)c(C)nn1C. The maximum atomic E-state index is 12.9. The van der Waals surface area contributed by atoms with Crippen LogP contribution in [0.2, 0.25) is 0 Å². The number of carbonyl (C=O) groups excluding carboxylic acids is 1. The number of aromatic nitrogens is 3. The Morgan fingerprint density at radius 2 is 2.04 bits per heavy atom. The van der Waals surface area contributed by atoms with Crippen molar-refractivity contribution in [1.29, 1.82) is 0 Å². The first kappa shape index (κ1) is 17.7. The summed E-state index contributed by atoms with van der Waals surface area (Å²) in [6.07, 6.45) is 0.615. The van der Waals surface area contributed by atoms with E-state index < -0.39 is 0 Å². The first-order valence-corrected chi connectivity index (χ1v) is 8.41. The Hall–Kier alpha value is -3.09. The number of aryl methyl sites for hydroxylation is 4. The minimum Gasteiger partial charge on any atom is -0.496 e. The van der Waals surface area contributed by atoms with Gasteiger partial charge in [0.25, 0.3) is 5.91 Å². The number of ether oxygens (including phenoxy) is 1. The maximum absolute atomic E-state index is 12.9. The number of methoxy groups -OCH3 is 1. The second kappa shape index (κ2) is 7.03. The first-order valence-electron chi connectivity index (χ1n) is 8.41. The number of hydrogen-bond donors (Lipinski definition) is 1. The van der Waals surface area contributed by atoms with Crippen LogP contribution in [0.25, 0.3) is 11.1 Å². The highest BCUT2D eigenvalue weighted by Gasteiger charge is 2.24. The topological polar surface area (TPSA) is 82.2 Å². The molecular formula is C19H22N4O3. The van der Waals surface area contributed by atoms with Crippen LogP contribution >= 0.6 is 0 Å². The van der Waals surface area contributed by atoms with E-state index in [1.165, 1.54) is 0 Å². The smallest absolute Gasteiger partial charge is 0.262 e. The van der Waals surface area contributed by atoms with Crippen molar-refractivity contribution in [2.24, 2.45) is 7.05 Å². The molecule has 2 aromatic heterocycles. The molecule has 0 aliphatic rings. The zero-order valence-corrected chi connectivity index (χ0v) is 15.6. The van der Waals surface area contributed by atoms with E-state index in [9.17, 15) is 4.79 Å². The van der Waals surface area contributed by atoms with Crippen molar-refractivity contribution >= 4 is 11.7 Å². The molecule has 3 aromatic rings. The summed E-state index contributed by atoms with van der Waals surface area (Å²) in [4.78, 5) is 12.9. The molecule has 2 heterocycles. The number of nitrogens with one attached hydrogen (secondary N) is 1. The quantitative estimate of drug-likeness (QED) is 0.758. The fraction of sp³-hybridized carbons (Fsp3) is 0.316. The summed E-state index contributed by atoms with van der Waals surface area (Å²) in [6, 6.07) is 7.66. The number of nitrogens with zero attached hydrogens (tertiary/aromatic N) is 3. The van der Waals surface area contributed by atoms with Gasteiger partial charge in [-0.3, -0.25) is 9.48 Å². The number of para-hydroxylation sites is 1. The van der Waals surface area contributed by atoms with E-state index in [1.807, 2.05) is 38.1 Å². The van der Waals surface area contributed by atoms with Gasteiger partial charge in [0.2, 0.25) is 0 Å². The van der Waals surface area contributed by atoms with Gasteiger partial charge in [0.05, 0.1) is 24.1 Å². The highest BCUT2D eigenvalue weighted by molar-refractivity contribution is 6.07. The molecule has 0 bridgehead atoms. The Bertz CT molecular complexity index is 956. The van der Waals surface area contributed by atoms with Gasteiger partial charge in [0.1, 0.15) is 22.9 Å². The molecule has 0 atom stereocenters. The van der Waals surface area contributed by atoms with E-state index in [1.54, 1.807) is 25.8 Å². The number of hydrogen-bond acceptors (Lipinski definition) is 5. The zero-order chi connectivity index (χ0) is 18.8. The van der Waals surface area contributed by atoms with Crippen LogP contribution in [0.4, 0.5) is 5.82 Å². The monoisotopic (exact) mass is 354 g/mol. The highest BCUT2D eigenvalue weighted by atomic mass is 16.5. The number of anilines is 1. The Kier molecular flexibility index (Phi) is 4.79. The molecule has 136 valence electrons. The van der Waals surface area contributed by atoms with Crippen LogP contribution < -0.4 is 10.1 Å². The minimum atomic E-state index is -0.264. The van der Waals surface area contributed by atoms with Crippen LogP contribution in [0.3, 0.4) is 0 Å². The predicted molar refractivity (Wildman–Crippen MR) is 98.5 cm³/mol. The van der Waals surface area contributed by atoms with Gasteiger partial charge in [-0.15, -0.1) is 0 Å². The lowest BCUT2D eigenvalue weighted by molar-refractivity contribution is 0.102. The van der Waals surface area contributed by atoms with Gasteiger partial charge in [0.15, 0.2) is 0 Å². The summed E-state index contributed by atoms with van der Waals surface area (Å²) in [5, 5.41) is 11.4. The fourth-order valence-electron chi connectivity index (χ4n) is 3.10. The summed E-state index contributed by atoms with van der Waals surface area (Å²) >= 11 is 0. The maximum Gasteiger partial charge on any atom is 0.262 e. The average Bonchev–Trinajstić information content (AvgIpc) is 3.14. The second-order valence-corrected chi connectivity index (χ2v) is 6.00. The molecule has 1 amide bonds. The fourth-order valence-corrected chi connectivity index (χ4v) is 3.10. The van der Waals surface area contributed by atoms with Crippen molar-refractivity contribution in [2.75, 3.05) is 12.4 Å². The minimum absolute atomic E-state index is 0.264. The molecule has 0 spiro atoms. The van der Waals surface area contributed by atoms with Crippen molar-refractivity contribution in [3.8, 4) is 16.9 Å². The van der Waals surface area contributed by atoms with Gasteiger partial charge in [0, 0.05) is 12.6 Å². The van der Waals surface area contributed by atoms with Crippen LogP contribution in [0.15, 0.2) is 28.8 Å². The second-order valence-electron chi connectivity index (χ2n) is 6.00. The number of rotatable bonds is 5. The standard InChI is InChI=1S/C19H22N4O3/c1-6-14-17(12(3)26-22-14)19(24)20-18-16(11(2)21-23(18)4)13-9-7-8-10-15(13)25-5/h7-10H,6H2,1-5H3,(H,20,24). The molecule has 0 aliphatic heterocycles. The van der Waals surface area contributed by atoms with Crippen LogP contribution in [-0.4, -0.2) is 28.0 Å². The molecule has 7 heteroatoms. The van der Waals surface area contributed by atoms with Crippen molar-refractivity contribution in [3.63, 3.8) is 0 Å². The molecule has 0 saturated heterocycles. The number of carbonyl (C=O) groups is 1. The molecule has 1 N–H and O–H groups in total. The summed E-state index contributed by atoms with van der Waals surface area (Å²) in [7, 11) is 3.42. The summed E-state index contributed by atoms with van der Waals surface area (Å²) in [5.74, 6) is 1.55. The lowest BCUT2D eigenvalue weighted by atomic mass is 10.0. The average molecular weight is 354 g/mol. The van der Waals surface area contributed by atoms with Crippen LogP contribution in [0, 0.1) is 13.8 Å². The third-order valence-electron chi connectivity index (χ3n) is 4.33. The summed E-state index contributed by atoms with van der Waals surface area (Å²) in [6.45, 7) is 5.57. The molecule has 0 unspecified atom stereocenters. The first-order chi connectivity index (χ1) is 12.5. The van der Waals surface area contributed by atoms with Gasteiger partial charge in [-0.2, -0.15) is 5.10 Å². The number of amides is 1. The van der Waals surface area contributed by atoms with E-state index in [0.717, 1.165) is 22.6 Å². The lowest BCUT2D eigenvalue weighted by Crippen LogP contribution is -2.17. The Morgan fingerprint density at radius 3 is 2.73 bits per heavy atom. The summed E-state index contributed by atoms with van der Waals surface area (Å²) in [5.41, 5.74) is 3.60. The highest BCUT2D eigenvalue weighted by Crippen LogP contribution is 2.37. The third kappa shape index (κ3) is 2.96. The van der Waals surface area contributed by atoms with Crippen LogP contribution in [0.5, 0.6) is 5.75 Å². The van der Waals surface area contributed by atoms with Gasteiger partial charge < -0.3 is 14.6 Å². The van der Waals surface area contributed by atoms with Crippen molar-refractivity contribution < 1.29 is 14.1 Å². The molecule has 7 nitrogen and oxygen atoms in total. The van der Waals surface area contributed by atoms with Crippen molar-refractivity contribution in [3.05, 3.63) is 47.0 Å². The molecule has 0 radical (unpaired) electrons. The van der Waals surface area contributed by atoms with Crippen LogP contribution in [-0.2, 0) is 13.5 Å². The normalized spacial score (nSPS) is 10.8. The zero-order valence-electron chi connectivity index (χ0n) is 15.6. The Labute approximate surface area is 151 Å². The van der Waals surface area contributed by atoms with Crippen LogP contribution in [0.1, 0.15) is 34.4 Å². The van der Waals surface area contributed by atoms with E-state index in [4.69, 9.17) is 9.26 Å². The van der Waals surface area contributed by atoms with Gasteiger partial charge >= 0.3 is 0 Å². The number of benzene rings is 1. The van der Waals surface area contributed by atoms with E-state index in [0.29, 0.717) is 29.3 Å². The molecule has 26 heavy (non-hydrogen) atoms. The molecule has 0 fully saturated rings. The van der Waals surface area contributed by atoms with Gasteiger partial charge in [-0.1, -0.05) is 30.3 Å². The Morgan fingerprint density at radius 1 is 1.31 bits per heavy atom.